The highest BCUT2D eigenvalue weighted by atomic mass is 32.2. The minimum atomic E-state index is 0.428. The Morgan fingerprint density at radius 1 is 1.38 bits per heavy atom. The lowest BCUT2D eigenvalue weighted by molar-refractivity contribution is -0.0310. The lowest BCUT2D eigenvalue weighted by Gasteiger charge is -1.99. The van der Waals surface area contributed by atoms with Crippen molar-refractivity contribution in [2.75, 3.05) is 25.6 Å². The second-order valence-electron chi connectivity index (χ2n) is 1.22. The molecule has 0 aliphatic carbocycles. The Balaban J connectivity index is 2.53. The Hall–Kier alpha value is 0.270. The van der Waals surface area contributed by atoms with Crippen LogP contribution in [0, 0.1) is 0 Å². The van der Waals surface area contributed by atoms with Crippen molar-refractivity contribution >= 4 is 11.8 Å². The minimum Gasteiger partial charge on any atom is -0.356 e. The van der Waals surface area contributed by atoms with Crippen molar-refractivity contribution in [3.05, 3.63) is 0 Å². The molecule has 0 atom stereocenters. The van der Waals surface area contributed by atoms with E-state index >= 15 is 0 Å². The van der Waals surface area contributed by atoms with Crippen LogP contribution in [-0.2, 0) is 9.47 Å². The molecule has 3 heteroatoms. The fourth-order valence-corrected chi connectivity index (χ4v) is 0.494. The molecule has 0 heterocycles. The standard InChI is InChI=1S/C5H12O2S/c1-3-6-4-7-5-8-2/h3-5H2,1-2H3. The fraction of sp³-hybridized carbons (Fsp3) is 1.00. The first-order valence-electron chi connectivity index (χ1n) is 2.56. The zero-order valence-corrected chi connectivity index (χ0v) is 6.16. The summed E-state index contributed by atoms with van der Waals surface area (Å²) in [5.74, 6) is 0.722. The molecule has 0 aliphatic rings. The van der Waals surface area contributed by atoms with Crippen molar-refractivity contribution in [3.8, 4) is 0 Å². The van der Waals surface area contributed by atoms with Gasteiger partial charge in [0.15, 0.2) is 0 Å². The molecule has 0 aromatic rings. The molecule has 0 rings (SSSR count). The van der Waals surface area contributed by atoms with E-state index < -0.39 is 0 Å². The molecular formula is C5H12O2S. The smallest absolute Gasteiger partial charge is 0.147 e. The van der Waals surface area contributed by atoms with E-state index in [4.69, 9.17) is 9.47 Å². The summed E-state index contributed by atoms with van der Waals surface area (Å²) in [5.41, 5.74) is 0. The molecule has 0 saturated heterocycles. The van der Waals surface area contributed by atoms with E-state index in [-0.39, 0.29) is 0 Å². The molecule has 2 nitrogen and oxygen atoms in total. The van der Waals surface area contributed by atoms with Crippen LogP contribution in [-0.4, -0.2) is 25.6 Å². The molecule has 0 bridgehead atoms. The Labute approximate surface area is 54.5 Å². The average Bonchev–Trinajstić information content (AvgIpc) is 1.81. The largest absolute Gasteiger partial charge is 0.356 e. The first-order valence-corrected chi connectivity index (χ1v) is 3.95. The second-order valence-corrected chi connectivity index (χ2v) is 2.03. The summed E-state index contributed by atoms with van der Waals surface area (Å²) in [6.07, 6.45) is 1.99. The molecule has 0 spiro atoms. The summed E-state index contributed by atoms with van der Waals surface area (Å²) in [4.78, 5) is 0. The van der Waals surface area contributed by atoms with Crippen molar-refractivity contribution in [1.82, 2.24) is 0 Å². The second kappa shape index (κ2) is 7.27. The average molecular weight is 136 g/mol. The van der Waals surface area contributed by atoms with Crippen LogP contribution < -0.4 is 0 Å². The van der Waals surface area contributed by atoms with Crippen LogP contribution in [0.1, 0.15) is 6.92 Å². The third-order valence-electron chi connectivity index (χ3n) is 0.572. The van der Waals surface area contributed by atoms with Crippen LogP contribution >= 0.6 is 11.8 Å². The maximum Gasteiger partial charge on any atom is 0.147 e. The molecule has 0 saturated carbocycles. The number of hydrogen-bond acceptors (Lipinski definition) is 3. The number of rotatable bonds is 5. The maximum atomic E-state index is 4.96. The van der Waals surface area contributed by atoms with Crippen molar-refractivity contribution in [3.63, 3.8) is 0 Å². The first-order chi connectivity index (χ1) is 3.91. The van der Waals surface area contributed by atoms with Crippen LogP contribution in [0.2, 0.25) is 0 Å². The van der Waals surface area contributed by atoms with Gasteiger partial charge < -0.3 is 9.47 Å². The molecule has 0 fully saturated rings. The van der Waals surface area contributed by atoms with Gasteiger partial charge in [0.05, 0.1) is 5.94 Å². The van der Waals surface area contributed by atoms with E-state index in [2.05, 4.69) is 0 Å². The van der Waals surface area contributed by atoms with Crippen LogP contribution in [0.3, 0.4) is 0 Å². The van der Waals surface area contributed by atoms with E-state index in [0.29, 0.717) is 6.79 Å². The highest BCUT2D eigenvalue weighted by molar-refractivity contribution is 7.98. The Morgan fingerprint density at radius 2 is 2.12 bits per heavy atom. The molecule has 50 valence electrons. The van der Waals surface area contributed by atoms with E-state index in [1.165, 1.54) is 0 Å². The molecule has 8 heavy (non-hydrogen) atoms. The van der Waals surface area contributed by atoms with Gasteiger partial charge in [-0.15, -0.1) is 11.8 Å². The molecule has 0 aliphatic heterocycles. The van der Waals surface area contributed by atoms with E-state index in [1.807, 2.05) is 13.2 Å². The van der Waals surface area contributed by atoms with Gasteiger partial charge in [-0.1, -0.05) is 0 Å². The molecule has 0 radical (unpaired) electrons. The molecule has 0 aromatic heterocycles. The summed E-state index contributed by atoms with van der Waals surface area (Å²) < 4.78 is 9.86. The SMILES string of the molecule is CCOCOCSC. The molecule has 0 aromatic carbocycles. The van der Waals surface area contributed by atoms with Crippen molar-refractivity contribution in [2.24, 2.45) is 0 Å². The summed E-state index contributed by atoms with van der Waals surface area (Å²) in [5, 5.41) is 0. The molecular weight excluding hydrogens is 124 g/mol. The zero-order chi connectivity index (χ0) is 6.24. The highest BCUT2D eigenvalue weighted by Gasteiger charge is 1.80. The quantitative estimate of drug-likeness (QED) is 0.419. The zero-order valence-electron chi connectivity index (χ0n) is 5.35. The molecule has 0 amide bonds. The minimum absolute atomic E-state index is 0.428. The Morgan fingerprint density at radius 3 is 2.62 bits per heavy atom. The third kappa shape index (κ3) is 6.27. The normalized spacial score (nSPS) is 9.75. The van der Waals surface area contributed by atoms with E-state index in [9.17, 15) is 0 Å². The van der Waals surface area contributed by atoms with Crippen LogP contribution in [0.25, 0.3) is 0 Å². The van der Waals surface area contributed by atoms with Crippen molar-refractivity contribution in [2.45, 2.75) is 6.92 Å². The van der Waals surface area contributed by atoms with Crippen LogP contribution in [0.5, 0.6) is 0 Å². The lowest BCUT2D eigenvalue weighted by atomic mass is 10.9. The molecule has 0 N–H and O–H groups in total. The van der Waals surface area contributed by atoms with Gasteiger partial charge in [0.2, 0.25) is 0 Å². The number of hydrogen-bond donors (Lipinski definition) is 0. The number of thioether (sulfide) groups is 1. The third-order valence-corrected chi connectivity index (χ3v) is 0.974. The van der Waals surface area contributed by atoms with Gasteiger partial charge in [0, 0.05) is 6.61 Å². The molecule has 0 unspecified atom stereocenters. The van der Waals surface area contributed by atoms with Crippen LogP contribution in [0.15, 0.2) is 0 Å². The summed E-state index contributed by atoms with van der Waals surface area (Å²) in [6.45, 7) is 3.11. The predicted molar refractivity (Wildman–Crippen MR) is 36.0 cm³/mol. The van der Waals surface area contributed by atoms with Gasteiger partial charge in [0.25, 0.3) is 0 Å². The lowest BCUT2D eigenvalue weighted by Crippen LogP contribution is -1.97. The first kappa shape index (κ1) is 8.27. The van der Waals surface area contributed by atoms with Crippen LogP contribution in [0.4, 0.5) is 0 Å². The topological polar surface area (TPSA) is 18.5 Å². The number of ether oxygens (including phenoxy) is 2. The summed E-state index contributed by atoms with van der Waals surface area (Å²) >= 11 is 1.65. The van der Waals surface area contributed by atoms with E-state index in [0.717, 1.165) is 12.5 Å². The van der Waals surface area contributed by atoms with Crippen molar-refractivity contribution < 1.29 is 9.47 Å². The Kier molecular flexibility index (Phi) is 7.52. The predicted octanol–water partition coefficient (Wildman–Crippen LogP) is 1.32. The summed E-state index contributed by atoms with van der Waals surface area (Å²) in [6, 6.07) is 0. The van der Waals surface area contributed by atoms with Gasteiger partial charge in [0.1, 0.15) is 6.79 Å². The van der Waals surface area contributed by atoms with Gasteiger partial charge in [-0.05, 0) is 13.2 Å². The summed E-state index contributed by atoms with van der Waals surface area (Å²) in [7, 11) is 0. The monoisotopic (exact) mass is 136 g/mol. The van der Waals surface area contributed by atoms with E-state index in [1.54, 1.807) is 11.8 Å². The van der Waals surface area contributed by atoms with Gasteiger partial charge >= 0.3 is 0 Å². The fourth-order valence-electron chi connectivity index (χ4n) is 0.260. The van der Waals surface area contributed by atoms with Gasteiger partial charge in [-0.2, -0.15) is 0 Å². The van der Waals surface area contributed by atoms with Crippen molar-refractivity contribution in [1.29, 1.82) is 0 Å². The maximum absolute atomic E-state index is 4.96. The van der Waals surface area contributed by atoms with Gasteiger partial charge in [-0.25, -0.2) is 0 Å². The Bertz CT molecular complexity index is 35.4. The van der Waals surface area contributed by atoms with Gasteiger partial charge in [-0.3, -0.25) is 0 Å². The highest BCUT2D eigenvalue weighted by Crippen LogP contribution is 1.90.